The minimum absolute atomic E-state index is 0.0856. The van der Waals surface area contributed by atoms with Gasteiger partial charge in [0.2, 0.25) is 5.95 Å². The zero-order valence-corrected chi connectivity index (χ0v) is 15.1. The number of aromatic nitrogens is 4. The number of aryl methyl sites for hydroxylation is 1. The second-order valence-corrected chi connectivity index (χ2v) is 6.40. The van der Waals surface area contributed by atoms with E-state index in [1.165, 1.54) is 11.6 Å². The number of benzene rings is 1. The number of anilines is 1. The maximum absolute atomic E-state index is 12.5. The lowest BCUT2D eigenvalue weighted by atomic mass is 10.1. The van der Waals surface area contributed by atoms with Crippen molar-refractivity contribution in [1.29, 1.82) is 0 Å². The van der Waals surface area contributed by atoms with Gasteiger partial charge in [-0.1, -0.05) is 30.3 Å². The van der Waals surface area contributed by atoms with E-state index in [9.17, 15) is 14.7 Å². The van der Waals surface area contributed by atoms with Crippen molar-refractivity contribution in [2.45, 2.75) is 19.2 Å². The van der Waals surface area contributed by atoms with Gasteiger partial charge in [-0.05, 0) is 17.7 Å². The van der Waals surface area contributed by atoms with E-state index < -0.39 is 17.4 Å². The van der Waals surface area contributed by atoms with Crippen LogP contribution in [0, 0.1) is 0 Å². The molecule has 3 N–H and O–H groups in total. The molecule has 0 aliphatic carbocycles. The molecule has 0 saturated carbocycles. The van der Waals surface area contributed by atoms with Crippen molar-refractivity contribution in [3.8, 4) is 0 Å². The quantitative estimate of drug-likeness (QED) is 0.464. The lowest BCUT2D eigenvalue weighted by molar-refractivity contribution is 0.158. The predicted molar refractivity (Wildman–Crippen MR) is 103 cm³/mol. The van der Waals surface area contributed by atoms with E-state index in [0.29, 0.717) is 23.8 Å². The SMILES string of the molecule is Cn1c(=O)[nH]c(=O)c2c1nc(NCc1ccco1)n2C[C@H](O)c1ccccc1. The van der Waals surface area contributed by atoms with Gasteiger partial charge < -0.3 is 19.4 Å². The molecule has 3 heterocycles. The molecule has 0 amide bonds. The highest BCUT2D eigenvalue weighted by Gasteiger charge is 2.20. The fraction of sp³-hybridized carbons (Fsp3) is 0.211. The highest BCUT2D eigenvalue weighted by molar-refractivity contribution is 5.74. The van der Waals surface area contributed by atoms with Crippen LogP contribution in [0.15, 0.2) is 62.7 Å². The Labute approximate surface area is 158 Å². The molecular weight excluding hydrogens is 362 g/mol. The fourth-order valence-electron chi connectivity index (χ4n) is 3.08. The van der Waals surface area contributed by atoms with Crippen LogP contribution in [0.5, 0.6) is 0 Å². The number of hydrogen-bond acceptors (Lipinski definition) is 6. The Morgan fingerprint density at radius 2 is 2.00 bits per heavy atom. The first-order valence-electron chi connectivity index (χ1n) is 8.73. The summed E-state index contributed by atoms with van der Waals surface area (Å²) in [5.74, 6) is 1.04. The first kappa shape index (κ1) is 17.8. The highest BCUT2D eigenvalue weighted by atomic mass is 16.3. The second-order valence-electron chi connectivity index (χ2n) is 6.40. The Morgan fingerprint density at radius 3 is 2.71 bits per heavy atom. The van der Waals surface area contributed by atoms with Gasteiger partial charge in [0, 0.05) is 7.05 Å². The minimum Gasteiger partial charge on any atom is -0.467 e. The number of aromatic amines is 1. The molecule has 0 saturated heterocycles. The van der Waals surface area contributed by atoms with Crippen molar-refractivity contribution < 1.29 is 9.52 Å². The molecule has 4 rings (SSSR count). The van der Waals surface area contributed by atoms with Gasteiger partial charge >= 0.3 is 5.69 Å². The average Bonchev–Trinajstić information content (AvgIpc) is 3.33. The molecule has 4 aromatic rings. The maximum atomic E-state index is 12.5. The molecule has 144 valence electrons. The van der Waals surface area contributed by atoms with Gasteiger partial charge in [-0.3, -0.25) is 14.3 Å². The van der Waals surface area contributed by atoms with E-state index in [2.05, 4.69) is 15.3 Å². The molecule has 28 heavy (non-hydrogen) atoms. The zero-order chi connectivity index (χ0) is 19.7. The van der Waals surface area contributed by atoms with Gasteiger partial charge in [0.05, 0.1) is 25.5 Å². The molecular formula is C19H19N5O4. The summed E-state index contributed by atoms with van der Waals surface area (Å²) in [7, 11) is 1.53. The number of aliphatic hydroxyl groups is 1. The van der Waals surface area contributed by atoms with Gasteiger partial charge in [0.1, 0.15) is 5.76 Å². The Kier molecular flexibility index (Phi) is 4.58. The largest absolute Gasteiger partial charge is 0.467 e. The fourth-order valence-corrected chi connectivity index (χ4v) is 3.08. The first-order valence-corrected chi connectivity index (χ1v) is 8.73. The Hall–Kier alpha value is -3.59. The van der Waals surface area contributed by atoms with Crippen LogP contribution in [0.4, 0.5) is 5.95 Å². The molecule has 0 spiro atoms. The third-order valence-electron chi connectivity index (χ3n) is 4.55. The highest BCUT2D eigenvalue weighted by Crippen LogP contribution is 2.22. The Balaban J connectivity index is 1.79. The summed E-state index contributed by atoms with van der Waals surface area (Å²) in [4.78, 5) is 31.1. The van der Waals surface area contributed by atoms with Crippen molar-refractivity contribution >= 4 is 17.1 Å². The number of aliphatic hydroxyl groups excluding tert-OH is 1. The topological polar surface area (TPSA) is 118 Å². The van der Waals surface area contributed by atoms with Crippen molar-refractivity contribution in [2.75, 3.05) is 5.32 Å². The number of nitrogens with one attached hydrogen (secondary N) is 2. The van der Waals surface area contributed by atoms with Crippen LogP contribution < -0.4 is 16.6 Å². The van der Waals surface area contributed by atoms with Crippen LogP contribution in [-0.2, 0) is 20.1 Å². The molecule has 9 heteroatoms. The summed E-state index contributed by atoms with van der Waals surface area (Å²) >= 11 is 0. The molecule has 9 nitrogen and oxygen atoms in total. The van der Waals surface area contributed by atoms with Crippen LogP contribution in [0.3, 0.4) is 0 Å². The summed E-state index contributed by atoms with van der Waals surface area (Å²) in [5, 5.41) is 13.8. The summed E-state index contributed by atoms with van der Waals surface area (Å²) in [5.41, 5.74) is 0.0396. The average molecular weight is 381 g/mol. The predicted octanol–water partition coefficient (Wildman–Crippen LogP) is 1.36. The third kappa shape index (κ3) is 3.23. The maximum Gasteiger partial charge on any atom is 0.329 e. The lowest BCUT2D eigenvalue weighted by Gasteiger charge is -2.15. The van der Waals surface area contributed by atoms with E-state index in [0.717, 1.165) is 0 Å². The van der Waals surface area contributed by atoms with E-state index in [1.807, 2.05) is 18.2 Å². The molecule has 0 fully saturated rings. The van der Waals surface area contributed by atoms with Crippen LogP contribution in [0.25, 0.3) is 11.2 Å². The second kappa shape index (κ2) is 7.20. The molecule has 0 unspecified atom stereocenters. The Bertz CT molecular complexity index is 1210. The smallest absolute Gasteiger partial charge is 0.329 e. The number of rotatable bonds is 6. The molecule has 0 aliphatic heterocycles. The molecule has 0 bridgehead atoms. The number of nitrogens with zero attached hydrogens (tertiary/aromatic N) is 3. The molecule has 1 atom stereocenters. The summed E-state index contributed by atoms with van der Waals surface area (Å²) in [6, 6.07) is 12.7. The van der Waals surface area contributed by atoms with Crippen LogP contribution in [-0.4, -0.2) is 24.2 Å². The normalized spacial score (nSPS) is 12.4. The number of imidazole rings is 1. The molecule has 3 aromatic heterocycles. The number of fused-ring (bicyclic) bond motifs is 1. The number of hydrogen-bond donors (Lipinski definition) is 3. The zero-order valence-electron chi connectivity index (χ0n) is 15.1. The van der Waals surface area contributed by atoms with E-state index >= 15 is 0 Å². The van der Waals surface area contributed by atoms with Gasteiger partial charge in [-0.15, -0.1) is 0 Å². The lowest BCUT2D eigenvalue weighted by Crippen LogP contribution is -2.29. The third-order valence-corrected chi connectivity index (χ3v) is 4.55. The van der Waals surface area contributed by atoms with E-state index in [4.69, 9.17) is 4.42 Å². The molecule has 0 aliphatic rings. The Morgan fingerprint density at radius 1 is 1.21 bits per heavy atom. The van der Waals surface area contributed by atoms with Gasteiger partial charge in [-0.2, -0.15) is 4.98 Å². The van der Waals surface area contributed by atoms with E-state index in [-0.39, 0.29) is 17.7 Å². The first-order chi connectivity index (χ1) is 13.5. The number of furan rings is 1. The van der Waals surface area contributed by atoms with Gasteiger partial charge in [0.25, 0.3) is 5.56 Å². The summed E-state index contributed by atoms with van der Waals surface area (Å²) < 4.78 is 8.16. The summed E-state index contributed by atoms with van der Waals surface area (Å²) in [6.07, 6.45) is 0.701. The van der Waals surface area contributed by atoms with Crippen LogP contribution in [0.2, 0.25) is 0 Å². The van der Waals surface area contributed by atoms with Gasteiger partial charge in [-0.25, -0.2) is 4.79 Å². The molecule has 1 aromatic carbocycles. The van der Waals surface area contributed by atoms with Crippen molar-refractivity contribution in [1.82, 2.24) is 19.1 Å². The monoisotopic (exact) mass is 381 g/mol. The van der Waals surface area contributed by atoms with Gasteiger partial charge in [0.15, 0.2) is 11.2 Å². The van der Waals surface area contributed by atoms with Crippen molar-refractivity contribution in [3.05, 3.63) is 80.9 Å². The number of H-pyrrole nitrogens is 1. The minimum atomic E-state index is -0.862. The van der Waals surface area contributed by atoms with Crippen molar-refractivity contribution in [3.63, 3.8) is 0 Å². The standard InChI is InChI=1S/C19H19N5O4/c1-23-16-15(17(26)22-19(23)27)24(11-14(25)12-6-3-2-4-7-12)18(21-16)20-10-13-8-5-9-28-13/h2-9,14,25H,10-11H2,1H3,(H,20,21)(H,22,26,27)/t14-/m0/s1. The van der Waals surface area contributed by atoms with E-state index in [1.54, 1.807) is 35.1 Å². The summed E-state index contributed by atoms with van der Waals surface area (Å²) in [6.45, 7) is 0.423. The van der Waals surface area contributed by atoms with Crippen LogP contribution >= 0.6 is 0 Å². The van der Waals surface area contributed by atoms with Crippen molar-refractivity contribution in [2.24, 2.45) is 7.05 Å². The molecule has 0 radical (unpaired) electrons. The van der Waals surface area contributed by atoms with Crippen LogP contribution in [0.1, 0.15) is 17.4 Å².